The summed E-state index contributed by atoms with van der Waals surface area (Å²) in [6, 6.07) is 10.3. The van der Waals surface area contributed by atoms with Gasteiger partial charge in [0, 0.05) is 16.4 Å². The van der Waals surface area contributed by atoms with Gasteiger partial charge in [0.15, 0.2) is 5.15 Å². The molecule has 4 nitrogen and oxygen atoms in total. The Labute approximate surface area is 118 Å². The van der Waals surface area contributed by atoms with Crippen molar-refractivity contribution in [1.82, 2.24) is 4.98 Å². The molecule has 0 fully saturated rings. The van der Waals surface area contributed by atoms with E-state index in [2.05, 4.69) is 31.5 Å². The van der Waals surface area contributed by atoms with Crippen LogP contribution in [0.3, 0.4) is 0 Å². The molecule has 1 aromatic heterocycles. The Bertz CT molecular complexity index is 577. The third-order valence-corrected chi connectivity index (χ3v) is 2.88. The molecule has 2 aromatic rings. The Hall–Kier alpha value is -1.59. The van der Waals surface area contributed by atoms with E-state index in [-0.39, 0.29) is 11.2 Å². The Morgan fingerprint density at radius 1 is 1.22 bits per heavy atom. The van der Waals surface area contributed by atoms with E-state index in [1.807, 2.05) is 12.1 Å². The van der Waals surface area contributed by atoms with Crippen LogP contribution >= 0.6 is 27.5 Å². The molecule has 0 atom stereocenters. The van der Waals surface area contributed by atoms with E-state index in [0.29, 0.717) is 11.4 Å². The number of carbonyl (C=O) groups is 1. The molecule has 0 aliphatic carbocycles. The van der Waals surface area contributed by atoms with Crippen LogP contribution < -0.4 is 10.6 Å². The van der Waals surface area contributed by atoms with Gasteiger partial charge in [-0.1, -0.05) is 33.6 Å². The quantitative estimate of drug-likeness (QED) is 0.815. The molecule has 2 rings (SSSR count). The minimum Gasteiger partial charge on any atom is -0.308 e. The number of carbonyl (C=O) groups excluding carboxylic acids is 1. The molecule has 0 radical (unpaired) electrons. The van der Waals surface area contributed by atoms with Gasteiger partial charge in [-0.15, -0.1) is 0 Å². The summed E-state index contributed by atoms with van der Waals surface area (Å²) < 4.78 is 0.889. The summed E-state index contributed by atoms with van der Waals surface area (Å²) in [5, 5.41) is 5.56. The minimum absolute atomic E-state index is 0.252. The Balaban J connectivity index is 2.03. The number of hydrogen-bond donors (Lipinski definition) is 2. The van der Waals surface area contributed by atoms with Crippen LogP contribution in [0.1, 0.15) is 0 Å². The molecular weight excluding hydrogens is 318 g/mol. The van der Waals surface area contributed by atoms with Gasteiger partial charge in [0.25, 0.3) is 0 Å². The molecule has 0 saturated heterocycles. The van der Waals surface area contributed by atoms with Crippen LogP contribution in [0.2, 0.25) is 5.15 Å². The zero-order valence-corrected chi connectivity index (χ0v) is 11.5. The number of hydrogen-bond acceptors (Lipinski definition) is 2. The maximum absolute atomic E-state index is 11.7. The van der Waals surface area contributed by atoms with Gasteiger partial charge in [-0.25, -0.2) is 9.78 Å². The number of urea groups is 1. The lowest BCUT2D eigenvalue weighted by atomic mass is 10.3. The molecule has 18 heavy (non-hydrogen) atoms. The first-order valence-electron chi connectivity index (χ1n) is 5.09. The number of aromatic nitrogens is 1. The Kier molecular flexibility index (Phi) is 4.17. The first kappa shape index (κ1) is 12.9. The normalized spacial score (nSPS) is 9.89. The van der Waals surface area contributed by atoms with Gasteiger partial charge in [-0.05, 0) is 30.3 Å². The van der Waals surface area contributed by atoms with E-state index in [9.17, 15) is 4.79 Å². The number of anilines is 2. The topological polar surface area (TPSA) is 54.0 Å². The summed E-state index contributed by atoms with van der Waals surface area (Å²) in [4.78, 5) is 15.6. The fourth-order valence-electron chi connectivity index (χ4n) is 1.33. The lowest BCUT2D eigenvalue weighted by Gasteiger charge is -2.08. The number of nitrogens with one attached hydrogen (secondary N) is 2. The molecule has 1 heterocycles. The predicted octanol–water partition coefficient (Wildman–Crippen LogP) is 4.14. The maximum atomic E-state index is 11.7. The van der Waals surface area contributed by atoms with Crippen molar-refractivity contribution in [2.75, 3.05) is 10.6 Å². The van der Waals surface area contributed by atoms with Crippen molar-refractivity contribution in [2.24, 2.45) is 0 Å². The molecule has 2 amide bonds. The summed E-state index contributed by atoms with van der Waals surface area (Å²) in [6.45, 7) is 0. The fourth-order valence-corrected chi connectivity index (χ4v) is 1.90. The Morgan fingerprint density at radius 2 is 2.06 bits per heavy atom. The van der Waals surface area contributed by atoms with Crippen molar-refractivity contribution in [1.29, 1.82) is 0 Å². The molecule has 0 aliphatic rings. The molecule has 1 aromatic carbocycles. The van der Waals surface area contributed by atoms with E-state index in [1.54, 1.807) is 30.5 Å². The van der Waals surface area contributed by atoms with Crippen molar-refractivity contribution in [2.45, 2.75) is 0 Å². The number of rotatable bonds is 2. The van der Waals surface area contributed by atoms with E-state index in [4.69, 9.17) is 11.6 Å². The van der Waals surface area contributed by atoms with E-state index in [1.165, 1.54) is 0 Å². The number of pyridine rings is 1. The summed E-state index contributed by atoms with van der Waals surface area (Å²) in [5.41, 5.74) is 1.15. The van der Waals surface area contributed by atoms with E-state index >= 15 is 0 Å². The van der Waals surface area contributed by atoms with Crippen LogP contribution in [-0.2, 0) is 0 Å². The zero-order valence-electron chi connectivity index (χ0n) is 9.15. The van der Waals surface area contributed by atoms with Crippen LogP contribution in [0.25, 0.3) is 0 Å². The molecule has 92 valence electrons. The smallest absolute Gasteiger partial charge is 0.308 e. The maximum Gasteiger partial charge on any atom is 0.323 e. The van der Waals surface area contributed by atoms with Gasteiger partial charge < -0.3 is 10.6 Å². The lowest BCUT2D eigenvalue weighted by molar-refractivity contribution is 0.262. The molecule has 6 heteroatoms. The predicted molar refractivity (Wildman–Crippen MR) is 76.0 cm³/mol. The monoisotopic (exact) mass is 325 g/mol. The van der Waals surface area contributed by atoms with E-state index in [0.717, 1.165) is 4.47 Å². The molecule has 0 aliphatic heterocycles. The molecule has 0 saturated carbocycles. The van der Waals surface area contributed by atoms with Gasteiger partial charge in [0.2, 0.25) is 0 Å². The molecule has 0 spiro atoms. The van der Waals surface area contributed by atoms with Gasteiger partial charge in [0.1, 0.15) is 0 Å². The van der Waals surface area contributed by atoms with Gasteiger partial charge in [-0.2, -0.15) is 0 Å². The van der Waals surface area contributed by atoms with Crippen LogP contribution in [0.5, 0.6) is 0 Å². The second-order valence-electron chi connectivity index (χ2n) is 3.43. The van der Waals surface area contributed by atoms with Crippen LogP contribution in [-0.4, -0.2) is 11.0 Å². The summed E-state index contributed by atoms with van der Waals surface area (Å²) >= 11 is 9.16. The highest BCUT2D eigenvalue weighted by Crippen LogP contribution is 2.19. The highest BCUT2D eigenvalue weighted by Gasteiger charge is 2.06. The van der Waals surface area contributed by atoms with Gasteiger partial charge >= 0.3 is 6.03 Å². The summed E-state index contributed by atoms with van der Waals surface area (Å²) in [7, 11) is 0. The number of benzene rings is 1. The van der Waals surface area contributed by atoms with E-state index < -0.39 is 0 Å². The highest BCUT2D eigenvalue weighted by molar-refractivity contribution is 9.10. The molecular formula is C12H9BrClN3O. The number of halogens is 2. The van der Waals surface area contributed by atoms with Crippen LogP contribution in [0.15, 0.2) is 47.1 Å². The standard InChI is InChI=1S/C12H9BrClN3O/c13-8-3-1-4-9(7-8)16-12(18)17-10-5-2-6-15-11(10)14/h1-7H,(H2,16,17,18). The second kappa shape index (κ2) is 5.84. The third kappa shape index (κ3) is 3.45. The zero-order chi connectivity index (χ0) is 13.0. The fraction of sp³-hybridized carbons (Fsp3) is 0. The van der Waals surface area contributed by atoms with Crippen molar-refractivity contribution >= 4 is 44.9 Å². The lowest BCUT2D eigenvalue weighted by Crippen LogP contribution is -2.19. The average molecular weight is 327 g/mol. The van der Waals surface area contributed by atoms with Crippen molar-refractivity contribution in [3.8, 4) is 0 Å². The largest absolute Gasteiger partial charge is 0.323 e. The van der Waals surface area contributed by atoms with Crippen molar-refractivity contribution < 1.29 is 4.79 Å². The van der Waals surface area contributed by atoms with Crippen molar-refractivity contribution in [3.63, 3.8) is 0 Å². The number of nitrogens with zero attached hydrogens (tertiary/aromatic N) is 1. The third-order valence-electron chi connectivity index (χ3n) is 2.09. The van der Waals surface area contributed by atoms with Crippen LogP contribution in [0, 0.1) is 0 Å². The van der Waals surface area contributed by atoms with Gasteiger partial charge in [0.05, 0.1) is 5.69 Å². The molecule has 0 unspecified atom stereocenters. The number of amides is 2. The van der Waals surface area contributed by atoms with Crippen molar-refractivity contribution in [3.05, 3.63) is 52.2 Å². The summed E-state index contributed by atoms with van der Waals surface area (Å²) in [5.74, 6) is 0. The first-order chi connectivity index (χ1) is 8.65. The average Bonchev–Trinajstić information content (AvgIpc) is 2.32. The molecule has 0 bridgehead atoms. The molecule has 2 N–H and O–H groups in total. The Morgan fingerprint density at radius 3 is 2.78 bits per heavy atom. The SMILES string of the molecule is O=C(Nc1cccc(Br)c1)Nc1cccnc1Cl. The summed E-state index contributed by atoms with van der Waals surface area (Å²) in [6.07, 6.45) is 1.56. The minimum atomic E-state index is -0.372. The first-order valence-corrected chi connectivity index (χ1v) is 6.26. The highest BCUT2D eigenvalue weighted by atomic mass is 79.9. The van der Waals surface area contributed by atoms with Gasteiger partial charge in [-0.3, -0.25) is 0 Å². The van der Waals surface area contributed by atoms with Crippen LogP contribution in [0.4, 0.5) is 16.2 Å². The second-order valence-corrected chi connectivity index (χ2v) is 4.70.